The van der Waals surface area contributed by atoms with Gasteiger partial charge in [-0.1, -0.05) is 30.3 Å². The van der Waals surface area contributed by atoms with Crippen LogP contribution >= 0.6 is 0 Å². The van der Waals surface area contributed by atoms with E-state index in [1.165, 1.54) is 4.90 Å². The number of carboxylic acid groups (broad SMARTS) is 1. The van der Waals surface area contributed by atoms with Crippen LogP contribution < -0.4 is 21.3 Å². The second kappa shape index (κ2) is 17.8. The first-order valence-corrected chi connectivity index (χ1v) is 14.4. The zero-order valence-corrected chi connectivity index (χ0v) is 25.3. The minimum Gasteiger partial charge on any atom is -0.480 e. The van der Waals surface area contributed by atoms with Gasteiger partial charge >= 0.3 is 12.1 Å². The van der Waals surface area contributed by atoms with Crippen LogP contribution in [0.5, 0.6) is 0 Å². The molecule has 15 heteroatoms. The molecular weight excluding hydrogens is 578 g/mol. The fourth-order valence-corrected chi connectivity index (χ4v) is 4.26. The molecule has 0 aromatic heterocycles. The Hall–Kier alpha value is -4.24. The molecule has 0 saturated carbocycles. The van der Waals surface area contributed by atoms with Crippen LogP contribution in [0.1, 0.15) is 52.0 Å². The molecule has 2 rings (SSSR count). The van der Waals surface area contributed by atoms with Crippen molar-refractivity contribution >= 4 is 35.7 Å². The van der Waals surface area contributed by atoms with Gasteiger partial charge in [0.15, 0.2) is 0 Å². The summed E-state index contributed by atoms with van der Waals surface area (Å²) in [6.45, 7) is 4.46. The third-order valence-electron chi connectivity index (χ3n) is 6.29. The molecule has 0 radical (unpaired) electrons. The van der Waals surface area contributed by atoms with Crippen molar-refractivity contribution in [1.29, 1.82) is 0 Å². The number of aliphatic hydroxyl groups excluding tert-OH is 1. The zero-order chi connectivity index (χ0) is 32.7. The van der Waals surface area contributed by atoms with Crippen LogP contribution in [-0.2, 0) is 39.9 Å². The Bertz CT molecular complexity index is 1140. The predicted molar refractivity (Wildman–Crippen MR) is 156 cm³/mol. The largest absolute Gasteiger partial charge is 0.480 e. The van der Waals surface area contributed by atoms with Crippen molar-refractivity contribution in [3.8, 4) is 0 Å². The molecule has 6 N–H and O–H groups in total. The lowest BCUT2D eigenvalue weighted by Gasteiger charge is -2.36. The molecule has 15 nitrogen and oxygen atoms in total. The molecule has 1 heterocycles. The van der Waals surface area contributed by atoms with Gasteiger partial charge in [-0.25, -0.2) is 4.79 Å². The van der Waals surface area contributed by atoms with Crippen LogP contribution in [-0.4, -0.2) is 108 Å². The number of rotatable bonds is 15. The van der Waals surface area contributed by atoms with E-state index in [0.717, 1.165) is 0 Å². The number of amides is 5. The average Bonchev–Trinajstić information content (AvgIpc) is 2.96. The predicted octanol–water partition coefficient (Wildman–Crippen LogP) is -0.338. The molecule has 1 fully saturated rings. The van der Waals surface area contributed by atoms with Crippen molar-refractivity contribution in [2.45, 2.75) is 76.8 Å². The summed E-state index contributed by atoms with van der Waals surface area (Å²) in [6, 6.07) is 6.48. The lowest BCUT2D eigenvalue weighted by atomic mass is 10.1. The molecule has 1 aromatic rings. The number of benzene rings is 1. The van der Waals surface area contributed by atoms with E-state index in [1.807, 2.05) is 0 Å². The summed E-state index contributed by atoms with van der Waals surface area (Å²) >= 11 is 0. The van der Waals surface area contributed by atoms with Gasteiger partial charge < -0.3 is 41.0 Å². The van der Waals surface area contributed by atoms with Crippen LogP contribution in [0.15, 0.2) is 30.3 Å². The summed E-state index contributed by atoms with van der Waals surface area (Å²) < 4.78 is 11.1. The number of carbonyl (C=O) groups is 6. The Kier molecular flexibility index (Phi) is 14.5. The SMILES string of the molecule is CC(C)(C)OC(=O)N1CCCOC1CCC(=O)N[C@@H](CCO)C(=O)NCC(=O)N[C@@H](Cc1ccccc1)C(=O)NCC(=O)O. The maximum atomic E-state index is 12.8. The smallest absolute Gasteiger partial charge is 0.412 e. The quantitative estimate of drug-likeness (QED) is 0.150. The standard InChI is InChI=1S/C29H43N5O10/c1-29(2,3)44-28(42)34-13-7-15-43-24(34)11-10-22(36)32-20(12-14-35)26(40)30-17-23(37)33-21(27(41)31-18-25(38)39)16-19-8-5-4-6-9-19/h4-6,8-9,20-21,24,35H,7,10-18H2,1-3H3,(H,30,40)(H,31,41)(H,32,36)(H,33,37)(H,38,39)/t20-,21-,24?/m0/s1. The molecule has 244 valence electrons. The number of hydrogen-bond acceptors (Lipinski definition) is 9. The fourth-order valence-electron chi connectivity index (χ4n) is 4.26. The topological polar surface area (TPSA) is 213 Å². The van der Waals surface area contributed by atoms with E-state index >= 15 is 0 Å². The zero-order valence-electron chi connectivity index (χ0n) is 25.3. The summed E-state index contributed by atoms with van der Waals surface area (Å²) in [4.78, 5) is 75.5. The summed E-state index contributed by atoms with van der Waals surface area (Å²) in [5, 5.41) is 27.9. The Labute approximate surface area is 256 Å². The Morgan fingerprint density at radius 3 is 2.25 bits per heavy atom. The number of aliphatic carboxylic acids is 1. The summed E-state index contributed by atoms with van der Waals surface area (Å²) in [7, 11) is 0. The Morgan fingerprint density at radius 2 is 1.61 bits per heavy atom. The van der Waals surface area contributed by atoms with Crippen molar-refractivity contribution in [2.24, 2.45) is 0 Å². The molecule has 0 bridgehead atoms. The summed E-state index contributed by atoms with van der Waals surface area (Å²) in [5.74, 6) is -3.95. The first kappa shape index (κ1) is 36.0. The van der Waals surface area contributed by atoms with Gasteiger partial charge in [-0.2, -0.15) is 0 Å². The molecule has 0 spiro atoms. The van der Waals surface area contributed by atoms with Gasteiger partial charge in [-0.15, -0.1) is 0 Å². The van der Waals surface area contributed by atoms with Crippen LogP contribution in [0.2, 0.25) is 0 Å². The molecule has 44 heavy (non-hydrogen) atoms. The first-order chi connectivity index (χ1) is 20.8. The van der Waals surface area contributed by atoms with E-state index in [-0.39, 0.29) is 25.7 Å². The second-order valence-corrected chi connectivity index (χ2v) is 11.2. The molecular formula is C29H43N5O10. The average molecular weight is 622 g/mol. The normalized spacial score (nSPS) is 16.2. The third kappa shape index (κ3) is 13.4. The van der Waals surface area contributed by atoms with Crippen LogP contribution in [0.4, 0.5) is 4.79 Å². The lowest BCUT2D eigenvalue weighted by Crippen LogP contribution is -2.53. The highest BCUT2D eigenvalue weighted by Crippen LogP contribution is 2.19. The van der Waals surface area contributed by atoms with Gasteiger partial charge in [-0.05, 0) is 39.2 Å². The highest BCUT2D eigenvalue weighted by molar-refractivity contribution is 5.93. The number of nitrogens with one attached hydrogen (secondary N) is 4. The minimum atomic E-state index is -1.25. The van der Waals surface area contributed by atoms with E-state index in [4.69, 9.17) is 14.6 Å². The highest BCUT2D eigenvalue weighted by Gasteiger charge is 2.32. The van der Waals surface area contributed by atoms with Crippen LogP contribution in [0.3, 0.4) is 0 Å². The number of hydrogen-bond donors (Lipinski definition) is 6. The van der Waals surface area contributed by atoms with Crippen molar-refractivity contribution in [2.75, 3.05) is 32.8 Å². The molecule has 3 atom stereocenters. The number of aliphatic hydroxyl groups is 1. The molecule has 1 unspecified atom stereocenters. The third-order valence-corrected chi connectivity index (χ3v) is 6.29. The van der Waals surface area contributed by atoms with E-state index in [1.54, 1.807) is 51.1 Å². The maximum absolute atomic E-state index is 12.8. The highest BCUT2D eigenvalue weighted by atomic mass is 16.6. The van der Waals surface area contributed by atoms with Crippen LogP contribution in [0, 0.1) is 0 Å². The number of carboxylic acids is 1. The Morgan fingerprint density at radius 1 is 0.977 bits per heavy atom. The second-order valence-electron chi connectivity index (χ2n) is 11.2. The monoisotopic (exact) mass is 621 g/mol. The molecule has 1 saturated heterocycles. The molecule has 1 aromatic carbocycles. The van der Waals surface area contributed by atoms with E-state index in [0.29, 0.717) is 25.1 Å². The fraction of sp³-hybridized carbons (Fsp3) is 0.586. The Balaban J connectivity index is 1.91. The van der Waals surface area contributed by atoms with Crippen molar-refractivity contribution in [1.82, 2.24) is 26.2 Å². The van der Waals surface area contributed by atoms with Gasteiger partial charge in [0.1, 0.15) is 30.5 Å². The molecule has 1 aliphatic rings. The number of carbonyl (C=O) groups excluding carboxylic acids is 5. The van der Waals surface area contributed by atoms with E-state index in [9.17, 15) is 33.9 Å². The maximum Gasteiger partial charge on any atom is 0.412 e. The van der Waals surface area contributed by atoms with E-state index < -0.39 is 79.3 Å². The first-order valence-electron chi connectivity index (χ1n) is 14.4. The van der Waals surface area contributed by atoms with Crippen LogP contribution in [0.25, 0.3) is 0 Å². The number of nitrogens with zero attached hydrogens (tertiary/aromatic N) is 1. The lowest BCUT2D eigenvalue weighted by molar-refractivity contribution is -0.138. The molecule has 0 aliphatic carbocycles. The molecule has 5 amide bonds. The van der Waals surface area contributed by atoms with Gasteiger partial charge in [-0.3, -0.25) is 28.9 Å². The van der Waals surface area contributed by atoms with Gasteiger partial charge in [0.25, 0.3) is 0 Å². The van der Waals surface area contributed by atoms with Crippen molar-refractivity contribution < 1.29 is 48.5 Å². The van der Waals surface area contributed by atoms with Crippen molar-refractivity contribution in [3.05, 3.63) is 35.9 Å². The summed E-state index contributed by atoms with van der Waals surface area (Å²) in [5.41, 5.74) is 0.0132. The minimum absolute atomic E-state index is 0.0746. The van der Waals surface area contributed by atoms with E-state index in [2.05, 4.69) is 21.3 Å². The molecule has 1 aliphatic heterocycles. The summed E-state index contributed by atoms with van der Waals surface area (Å²) in [6.07, 6.45) is -0.616. The number of ether oxygens (including phenoxy) is 2. The van der Waals surface area contributed by atoms with Gasteiger partial charge in [0.05, 0.1) is 13.2 Å². The van der Waals surface area contributed by atoms with Gasteiger partial charge in [0, 0.05) is 32.4 Å². The van der Waals surface area contributed by atoms with Gasteiger partial charge in [0.2, 0.25) is 23.6 Å². The van der Waals surface area contributed by atoms with Crippen molar-refractivity contribution in [3.63, 3.8) is 0 Å².